The Balaban J connectivity index is 1.54. The highest BCUT2D eigenvalue weighted by Gasteiger charge is 2.32. The van der Waals surface area contributed by atoms with Gasteiger partial charge < -0.3 is 10.6 Å². The van der Waals surface area contributed by atoms with E-state index in [1.165, 1.54) is 18.7 Å². The first-order valence-electron chi connectivity index (χ1n) is 8.53. The second kappa shape index (κ2) is 8.27. The Bertz CT molecular complexity index is 778. The second-order valence-electron chi connectivity index (χ2n) is 6.26. The number of carbonyl (C=O) groups is 3. The van der Waals surface area contributed by atoms with E-state index in [0.717, 1.165) is 31.4 Å². The SMILES string of the molecule is CC(=O)c1ccc(NC(=O)C[C@H]2S/C(=N\N=C3CCCC3)NC2=O)cc1. The van der Waals surface area contributed by atoms with Crippen molar-refractivity contribution in [1.82, 2.24) is 5.32 Å². The van der Waals surface area contributed by atoms with E-state index in [0.29, 0.717) is 16.4 Å². The lowest BCUT2D eigenvalue weighted by Gasteiger charge is -2.07. The Morgan fingerprint density at radius 2 is 1.88 bits per heavy atom. The topological polar surface area (TPSA) is 100.0 Å². The van der Waals surface area contributed by atoms with Crippen LogP contribution >= 0.6 is 11.8 Å². The number of nitrogens with zero attached hydrogens (tertiary/aromatic N) is 2. The van der Waals surface area contributed by atoms with Crippen molar-refractivity contribution in [2.24, 2.45) is 10.2 Å². The van der Waals surface area contributed by atoms with E-state index >= 15 is 0 Å². The summed E-state index contributed by atoms with van der Waals surface area (Å²) >= 11 is 1.22. The largest absolute Gasteiger partial charge is 0.326 e. The van der Waals surface area contributed by atoms with E-state index in [2.05, 4.69) is 20.8 Å². The molecule has 26 heavy (non-hydrogen) atoms. The molecule has 1 aromatic rings. The second-order valence-corrected chi connectivity index (χ2v) is 7.45. The van der Waals surface area contributed by atoms with Gasteiger partial charge in [0.05, 0.1) is 0 Å². The van der Waals surface area contributed by atoms with Crippen molar-refractivity contribution in [1.29, 1.82) is 0 Å². The fourth-order valence-corrected chi connectivity index (χ4v) is 3.67. The molecule has 136 valence electrons. The minimum Gasteiger partial charge on any atom is -0.326 e. The maximum absolute atomic E-state index is 12.2. The van der Waals surface area contributed by atoms with Crippen molar-refractivity contribution in [3.8, 4) is 0 Å². The molecule has 1 saturated carbocycles. The lowest BCUT2D eigenvalue weighted by molar-refractivity contribution is -0.122. The van der Waals surface area contributed by atoms with Crippen LogP contribution < -0.4 is 10.6 Å². The van der Waals surface area contributed by atoms with Crippen molar-refractivity contribution < 1.29 is 14.4 Å². The molecule has 7 nitrogen and oxygen atoms in total. The maximum Gasteiger partial charge on any atom is 0.240 e. The molecule has 1 aliphatic heterocycles. The molecular formula is C18H20N4O3S. The van der Waals surface area contributed by atoms with Gasteiger partial charge in [-0.1, -0.05) is 11.8 Å². The predicted molar refractivity (Wildman–Crippen MR) is 103 cm³/mol. The first-order valence-corrected chi connectivity index (χ1v) is 9.41. The minimum atomic E-state index is -0.519. The van der Waals surface area contributed by atoms with Crippen LogP contribution in [0.2, 0.25) is 0 Å². The van der Waals surface area contributed by atoms with Crippen molar-refractivity contribution >= 4 is 45.9 Å². The van der Waals surface area contributed by atoms with Crippen LogP contribution in [0.1, 0.15) is 49.4 Å². The Morgan fingerprint density at radius 3 is 2.54 bits per heavy atom. The number of carbonyl (C=O) groups excluding carboxylic acids is 3. The van der Waals surface area contributed by atoms with E-state index in [4.69, 9.17) is 0 Å². The smallest absolute Gasteiger partial charge is 0.240 e. The third kappa shape index (κ3) is 4.78. The Labute approximate surface area is 155 Å². The zero-order valence-corrected chi connectivity index (χ0v) is 15.3. The number of ketones is 1. The van der Waals surface area contributed by atoms with Gasteiger partial charge in [-0.15, -0.1) is 5.10 Å². The summed E-state index contributed by atoms with van der Waals surface area (Å²) in [5.74, 6) is -0.533. The van der Waals surface area contributed by atoms with E-state index < -0.39 is 5.25 Å². The quantitative estimate of drug-likeness (QED) is 0.613. The number of benzene rings is 1. The van der Waals surface area contributed by atoms with Crippen LogP contribution in [-0.4, -0.2) is 33.7 Å². The van der Waals surface area contributed by atoms with E-state index in [-0.39, 0.29) is 24.0 Å². The lowest BCUT2D eigenvalue weighted by Crippen LogP contribution is -2.28. The fourth-order valence-electron chi connectivity index (χ4n) is 2.75. The van der Waals surface area contributed by atoms with Gasteiger partial charge in [0.2, 0.25) is 11.8 Å². The molecule has 8 heteroatoms. The van der Waals surface area contributed by atoms with Crippen LogP contribution in [-0.2, 0) is 9.59 Å². The van der Waals surface area contributed by atoms with Gasteiger partial charge in [-0.2, -0.15) is 5.10 Å². The van der Waals surface area contributed by atoms with Gasteiger partial charge in [-0.05, 0) is 56.9 Å². The molecule has 2 fully saturated rings. The van der Waals surface area contributed by atoms with Crippen LogP contribution in [0.15, 0.2) is 34.5 Å². The molecule has 1 heterocycles. The highest BCUT2D eigenvalue weighted by Crippen LogP contribution is 2.24. The van der Waals surface area contributed by atoms with Gasteiger partial charge in [-0.3, -0.25) is 14.4 Å². The number of nitrogens with one attached hydrogen (secondary N) is 2. The zero-order chi connectivity index (χ0) is 18.5. The summed E-state index contributed by atoms with van der Waals surface area (Å²) in [7, 11) is 0. The van der Waals surface area contributed by atoms with Crippen LogP contribution in [0.25, 0.3) is 0 Å². The molecule has 1 aliphatic carbocycles. The molecule has 1 aromatic carbocycles. The Morgan fingerprint density at radius 1 is 1.19 bits per heavy atom. The van der Waals surface area contributed by atoms with Gasteiger partial charge in [-0.25, -0.2) is 0 Å². The third-order valence-corrected chi connectivity index (χ3v) is 5.26. The highest BCUT2D eigenvalue weighted by molar-refractivity contribution is 8.15. The minimum absolute atomic E-state index is 0.0325. The standard InChI is InChI=1S/C18H20N4O3S/c1-11(23)12-6-8-13(9-7-12)19-16(24)10-15-17(25)20-18(26-15)22-21-14-4-2-3-5-14/h6-9,15H,2-5,10H2,1H3,(H,19,24)(H,20,22,25)/t15-/m1/s1. The molecular weight excluding hydrogens is 352 g/mol. The number of Topliss-reactive ketones (excluding diaryl/α,β-unsaturated/α-hetero) is 1. The van der Waals surface area contributed by atoms with Gasteiger partial charge >= 0.3 is 0 Å². The number of thioether (sulfide) groups is 1. The van der Waals surface area contributed by atoms with Crippen LogP contribution in [0.5, 0.6) is 0 Å². The van der Waals surface area contributed by atoms with Gasteiger partial charge in [0, 0.05) is 23.4 Å². The molecule has 1 saturated heterocycles. The number of hydrogen-bond acceptors (Lipinski definition) is 6. The fraction of sp³-hybridized carbons (Fsp3) is 0.389. The van der Waals surface area contributed by atoms with Crippen molar-refractivity contribution in [3.63, 3.8) is 0 Å². The maximum atomic E-state index is 12.2. The zero-order valence-electron chi connectivity index (χ0n) is 14.4. The van der Waals surface area contributed by atoms with Gasteiger partial charge in [0.1, 0.15) is 5.25 Å². The van der Waals surface area contributed by atoms with Gasteiger partial charge in [0.25, 0.3) is 0 Å². The van der Waals surface area contributed by atoms with Crippen molar-refractivity contribution in [2.45, 2.75) is 44.3 Å². The van der Waals surface area contributed by atoms with Crippen LogP contribution in [0.4, 0.5) is 5.69 Å². The summed E-state index contributed by atoms with van der Waals surface area (Å²) in [5.41, 5.74) is 2.23. The first-order chi connectivity index (χ1) is 12.5. The van der Waals surface area contributed by atoms with Gasteiger partial charge in [0.15, 0.2) is 11.0 Å². The van der Waals surface area contributed by atoms with Crippen LogP contribution in [0, 0.1) is 0 Å². The average Bonchev–Trinajstić information content (AvgIpc) is 3.23. The summed E-state index contributed by atoms with van der Waals surface area (Å²) in [5, 5.41) is 13.6. The average molecular weight is 372 g/mol. The number of anilines is 1. The van der Waals surface area contributed by atoms with Crippen LogP contribution in [0.3, 0.4) is 0 Å². The number of rotatable bonds is 5. The summed E-state index contributed by atoms with van der Waals surface area (Å²) < 4.78 is 0. The third-order valence-electron chi connectivity index (χ3n) is 4.19. The van der Waals surface area contributed by atoms with Crippen molar-refractivity contribution in [3.05, 3.63) is 29.8 Å². The summed E-state index contributed by atoms with van der Waals surface area (Å²) in [4.78, 5) is 35.4. The summed E-state index contributed by atoms with van der Waals surface area (Å²) in [6.07, 6.45) is 4.24. The lowest BCUT2D eigenvalue weighted by atomic mass is 10.1. The Hall–Kier alpha value is -2.48. The number of amidine groups is 1. The summed E-state index contributed by atoms with van der Waals surface area (Å²) in [6, 6.07) is 6.64. The van der Waals surface area contributed by atoms with Crippen molar-refractivity contribution in [2.75, 3.05) is 5.32 Å². The highest BCUT2D eigenvalue weighted by atomic mass is 32.2. The predicted octanol–water partition coefficient (Wildman–Crippen LogP) is 2.74. The molecule has 0 radical (unpaired) electrons. The summed E-state index contributed by atoms with van der Waals surface area (Å²) in [6.45, 7) is 1.49. The molecule has 0 bridgehead atoms. The van der Waals surface area contributed by atoms with E-state index in [1.807, 2.05) is 0 Å². The Kier molecular flexibility index (Phi) is 5.82. The normalized spacial score (nSPS) is 21.0. The molecule has 0 aromatic heterocycles. The molecule has 2 amide bonds. The van der Waals surface area contributed by atoms with E-state index in [9.17, 15) is 14.4 Å². The number of hydrogen-bond donors (Lipinski definition) is 2. The molecule has 3 rings (SSSR count). The molecule has 2 N–H and O–H groups in total. The monoisotopic (exact) mass is 372 g/mol. The van der Waals surface area contributed by atoms with E-state index in [1.54, 1.807) is 24.3 Å². The molecule has 1 atom stereocenters. The number of amides is 2. The first kappa shape index (κ1) is 18.3. The molecule has 0 spiro atoms. The molecule has 0 unspecified atom stereocenters. The molecule has 2 aliphatic rings.